The van der Waals surface area contributed by atoms with Crippen LogP contribution in [0.4, 0.5) is 4.79 Å². The van der Waals surface area contributed by atoms with E-state index in [1.54, 1.807) is 4.90 Å². The smallest absolute Gasteiger partial charge is 0.410 e. The van der Waals surface area contributed by atoms with Crippen LogP contribution in [0.1, 0.15) is 38.2 Å². The van der Waals surface area contributed by atoms with E-state index in [4.69, 9.17) is 4.74 Å². The first-order valence-electron chi connectivity index (χ1n) is 8.08. The molecule has 0 radical (unpaired) electrons. The molecular formula is C18H23NO3. The largest absolute Gasteiger partial charge is 0.445 e. The van der Waals surface area contributed by atoms with Crippen LogP contribution >= 0.6 is 0 Å². The predicted molar refractivity (Wildman–Crippen MR) is 83.3 cm³/mol. The highest BCUT2D eigenvalue weighted by Crippen LogP contribution is 2.46. The third-order valence-electron chi connectivity index (χ3n) is 5.05. The van der Waals surface area contributed by atoms with E-state index >= 15 is 0 Å². The molecule has 1 aromatic carbocycles. The third kappa shape index (κ3) is 3.01. The van der Waals surface area contributed by atoms with Crippen molar-refractivity contribution in [1.29, 1.82) is 0 Å². The molecule has 2 fully saturated rings. The predicted octanol–water partition coefficient (Wildman–Crippen LogP) is 3.40. The van der Waals surface area contributed by atoms with Crippen molar-refractivity contribution in [3.63, 3.8) is 0 Å². The first-order chi connectivity index (χ1) is 10.6. The Kier molecular flexibility index (Phi) is 4.19. The molecule has 22 heavy (non-hydrogen) atoms. The van der Waals surface area contributed by atoms with Crippen LogP contribution in [0.5, 0.6) is 0 Å². The lowest BCUT2D eigenvalue weighted by atomic mass is 9.76. The number of hydrogen-bond donors (Lipinski definition) is 0. The molecule has 118 valence electrons. The lowest BCUT2D eigenvalue weighted by Crippen LogP contribution is -2.45. The topological polar surface area (TPSA) is 46.6 Å². The minimum Gasteiger partial charge on any atom is -0.445 e. The number of hydrogen-bond acceptors (Lipinski definition) is 3. The van der Waals surface area contributed by atoms with Gasteiger partial charge in [0.25, 0.3) is 0 Å². The van der Waals surface area contributed by atoms with Gasteiger partial charge in [0.15, 0.2) is 0 Å². The monoisotopic (exact) mass is 301 g/mol. The maximum Gasteiger partial charge on any atom is 0.410 e. The van der Waals surface area contributed by atoms with E-state index < -0.39 is 0 Å². The molecule has 1 saturated heterocycles. The van der Waals surface area contributed by atoms with Crippen LogP contribution in [0.3, 0.4) is 0 Å². The van der Waals surface area contributed by atoms with E-state index in [1.165, 1.54) is 0 Å². The van der Waals surface area contributed by atoms with E-state index in [0.29, 0.717) is 37.8 Å². The molecule has 0 bridgehead atoms. The number of carbonyl (C=O) groups is 2. The molecule has 0 N–H and O–H groups in total. The van der Waals surface area contributed by atoms with Gasteiger partial charge in [0.1, 0.15) is 12.4 Å². The van der Waals surface area contributed by atoms with Gasteiger partial charge in [0, 0.05) is 24.9 Å². The van der Waals surface area contributed by atoms with Crippen LogP contribution < -0.4 is 0 Å². The number of likely N-dealkylation sites (tertiary alicyclic amines) is 1. The van der Waals surface area contributed by atoms with Crippen LogP contribution in [0.2, 0.25) is 0 Å². The summed E-state index contributed by atoms with van der Waals surface area (Å²) in [6.07, 6.45) is 3.00. The molecule has 4 nitrogen and oxygen atoms in total. The standard InChI is InChI=1S/C18H23NO3/c1-14-11-16(20)18(12-14)7-9-19(10-8-18)17(21)22-13-15-5-3-2-4-6-15/h2-6,14H,7-13H2,1H3/t14-/m0/s1. The molecule has 1 aliphatic carbocycles. The number of amides is 1. The zero-order valence-corrected chi connectivity index (χ0v) is 13.1. The maximum absolute atomic E-state index is 12.2. The Morgan fingerprint density at radius 3 is 2.55 bits per heavy atom. The zero-order chi connectivity index (χ0) is 15.6. The highest BCUT2D eigenvalue weighted by Gasteiger charge is 2.47. The summed E-state index contributed by atoms with van der Waals surface area (Å²) in [5.41, 5.74) is 0.833. The van der Waals surface area contributed by atoms with E-state index in [1.807, 2.05) is 30.3 Å². The Morgan fingerprint density at radius 2 is 1.95 bits per heavy atom. The summed E-state index contributed by atoms with van der Waals surface area (Å²) in [6, 6.07) is 9.69. The number of nitrogens with zero attached hydrogens (tertiary/aromatic N) is 1. The van der Waals surface area contributed by atoms with E-state index in [2.05, 4.69) is 6.92 Å². The average molecular weight is 301 g/mol. The minimum absolute atomic E-state index is 0.157. The van der Waals surface area contributed by atoms with Crippen molar-refractivity contribution in [2.24, 2.45) is 11.3 Å². The minimum atomic E-state index is -0.266. The Balaban J connectivity index is 1.51. The van der Waals surface area contributed by atoms with Crippen LogP contribution in [-0.2, 0) is 16.1 Å². The molecule has 1 heterocycles. The molecule has 1 atom stereocenters. The molecule has 4 heteroatoms. The SMILES string of the molecule is C[C@H]1CC(=O)C2(CCN(C(=O)OCc3ccccc3)CC2)C1. The van der Waals surface area contributed by atoms with Gasteiger partial charge < -0.3 is 9.64 Å². The summed E-state index contributed by atoms with van der Waals surface area (Å²) in [5, 5.41) is 0. The number of piperidine rings is 1. The summed E-state index contributed by atoms with van der Waals surface area (Å²) < 4.78 is 5.37. The molecule has 1 aromatic rings. The van der Waals surface area contributed by atoms with Crippen LogP contribution in [0.25, 0.3) is 0 Å². The van der Waals surface area contributed by atoms with Crippen molar-refractivity contribution < 1.29 is 14.3 Å². The van der Waals surface area contributed by atoms with Gasteiger partial charge in [-0.3, -0.25) is 4.79 Å². The second-order valence-corrected chi connectivity index (χ2v) is 6.74. The summed E-state index contributed by atoms with van der Waals surface area (Å²) in [5.74, 6) is 0.890. The molecule has 1 amide bonds. The molecule has 2 aliphatic rings. The number of ketones is 1. The molecule has 0 aromatic heterocycles. The molecule has 0 unspecified atom stereocenters. The Labute approximate surface area is 131 Å². The molecule has 1 spiro atoms. The van der Waals surface area contributed by atoms with Crippen molar-refractivity contribution in [2.75, 3.05) is 13.1 Å². The molecule has 3 rings (SSSR count). The summed E-state index contributed by atoms with van der Waals surface area (Å²) in [7, 11) is 0. The number of ether oxygens (including phenoxy) is 1. The van der Waals surface area contributed by atoms with Crippen molar-refractivity contribution in [3.05, 3.63) is 35.9 Å². The average Bonchev–Trinajstić information content (AvgIpc) is 2.80. The second kappa shape index (κ2) is 6.11. The first-order valence-corrected chi connectivity index (χ1v) is 8.08. The van der Waals surface area contributed by atoms with Crippen LogP contribution in [0, 0.1) is 11.3 Å². The Morgan fingerprint density at radius 1 is 1.27 bits per heavy atom. The number of rotatable bonds is 2. The van der Waals surface area contributed by atoms with Gasteiger partial charge in [-0.25, -0.2) is 4.79 Å². The highest BCUT2D eigenvalue weighted by molar-refractivity contribution is 5.87. The summed E-state index contributed by atoms with van der Waals surface area (Å²) in [4.78, 5) is 26.1. The maximum atomic E-state index is 12.2. The molecule has 1 saturated carbocycles. The fraction of sp³-hybridized carbons (Fsp3) is 0.556. The normalized spacial score (nSPS) is 23.8. The van der Waals surface area contributed by atoms with Crippen molar-refractivity contribution >= 4 is 11.9 Å². The lowest BCUT2D eigenvalue weighted by Gasteiger charge is -2.37. The number of benzene rings is 1. The number of carbonyl (C=O) groups excluding carboxylic acids is 2. The van der Waals surface area contributed by atoms with E-state index in [-0.39, 0.29) is 11.5 Å². The molecule has 1 aliphatic heterocycles. The van der Waals surface area contributed by atoms with Crippen LogP contribution in [0.15, 0.2) is 30.3 Å². The van der Waals surface area contributed by atoms with Crippen LogP contribution in [-0.4, -0.2) is 29.9 Å². The quantitative estimate of drug-likeness (QED) is 0.841. The van der Waals surface area contributed by atoms with Crippen molar-refractivity contribution in [2.45, 2.75) is 39.2 Å². The van der Waals surface area contributed by atoms with Gasteiger partial charge in [-0.05, 0) is 30.7 Å². The number of Topliss-reactive ketones (excluding diaryl/α,β-unsaturated/α-hetero) is 1. The van der Waals surface area contributed by atoms with Gasteiger partial charge in [0.2, 0.25) is 0 Å². The summed E-state index contributed by atoms with van der Waals surface area (Å²) >= 11 is 0. The highest BCUT2D eigenvalue weighted by atomic mass is 16.6. The van der Waals surface area contributed by atoms with Gasteiger partial charge in [-0.1, -0.05) is 37.3 Å². The lowest BCUT2D eigenvalue weighted by molar-refractivity contribution is -0.128. The van der Waals surface area contributed by atoms with Gasteiger partial charge in [-0.2, -0.15) is 0 Å². The van der Waals surface area contributed by atoms with Crippen molar-refractivity contribution in [3.8, 4) is 0 Å². The first kappa shape index (κ1) is 15.1. The van der Waals surface area contributed by atoms with E-state index in [0.717, 1.165) is 24.8 Å². The second-order valence-electron chi connectivity index (χ2n) is 6.74. The fourth-order valence-corrected chi connectivity index (χ4v) is 3.80. The van der Waals surface area contributed by atoms with Gasteiger partial charge >= 0.3 is 6.09 Å². The third-order valence-corrected chi connectivity index (χ3v) is 5.05. The van der Waals surface area contributed by atoms with Crippen molar-refractivity contribution in [1.82, 2.24) is 4.90 Å². The Bertz CT molecular complexity index is 547. The van der Waals surface area contributed by atoms with E-state index in [9.17, 15) is 9.59 Å². The zero-order valence-electron chi connectivity index (χ0n) is 13.1. The molecular weight excluding hydrogens is 278 g/mol. The van der Waals surface area contributed by atoms with Gasteiger partial charge in [-0.15, -0.1) is 0 Å². The van der Waals surface area contributed by atoms with Gasteiger partial charge in [0.05, 0.1) is 0 Å². The summed E-state index contributed by atoms with van der Waals surface area (Å²) in [6.45, 7) is 3.71. The fourth-order valence-electron chi connectivity index (χ4n) is 3.80. The Hall–Kier alpha value is -1.84.